The Hall–Kier alpha value is -4.95. The van der Waals surface area contributed by atoms with Crippen molar-refractivity contribution in [3.63, 3.8) is 0 Å². The summed E-state index contributed by atoms with van der Waals surface area (Å²) in [5.74, 6) is -0.347. The summed E-state index contributed by atoms with van der Waals surface area (Å²) in [7, 11) is 1.42. The summed E-state index contributed by atoms with van der Waals surface area (Å²) in [5, 5.41) is 2.10. The molecule has 0 aliphatic rings. The van der Waals surface area contributed by atoms with Gasteiger partial charge in [0.1, 0.15) is 0 Å². The van der Waals surface area contributed by atoms with Crippen molar-refractivity contribution in [2.24, 2.45) is 0 Å². The zero-order valence-corrected chi connectivity index (χ0v) is 21.1. The molecule has 6 aromatic rings. The lowest BCUT2D eigenvalue weighted by Gasteiger charge is -2.24. The number of rotatable bonds is 5. The van der Waals surface area contributed by atoms with Crippen LogP contribution in [-0.2, 0) is 4.74 Å². The molecule has 0 heterocycles. The fraction of sp³-hybridized carbons (Fsp3) is 0.0278. The predicted octanol–water partition coefficient (Wildman–Crippen LogP) is 9.29. The standard InChI is InChI=1S/C36H26O2/c1-38-36(37)29-22-23-30-31(24-29)33(26-16-8-3-9-17-26)35(28-20-12-5-13-21-28)34(27-18-10-4-11-19-27)32(30)25-14-6-2-7-15-25/h2-24H,1H3. The fourth-order valence-electron chi connectivity index (χ4n) is 5.33. The molecule has 0 bridgehead atoms. The second-order valence-electron chi connectivity index (χ2n) is 9.22. The van der Waals surface area contributed by atoms with E-state index in [0.717, 1.165) is 49.7 Å². The van der Waals surface area contributed by atoms with Crippen LogP contribution in [0.25, 0.3) is 55.3 Å². The van der Waals surface area contributed by atoms with Gasteiger partial charge in [-0.05, 0) is 67.4 Å². The van der Waals surface area contributed by atoms with E-state index >= 15 is 0 Å². The van der Waals surface area contributed by atoms with E-state index in [1.807, 2.05) is 30.3 Å². The highest BCUT2D eigenvalue weighted by molar-refractivity contribution is 6.19. The molecular formula is C36H26O2. The first-order chi connectivity index (χ1) is 18.8. The minimum atomic E-state index is -0.347. The molecule has 0 spiro atoms. The largest absolute Gasteiger partial charge is 0.465 e. The fourth-order valence-corrected chi connectivity index (χ4v) is 5.33. The van der Waals surface area contributed by atoms with Crippen LogP contribution < -0.4 is 0 Å². The summed E-state index contributed by atoms with van der Waals surface area (Å²) in [6.07, 6.45) is 0. The Morgan fingerprint density at radius 1 is 0.447 bits per heavy atom. The molecule has 0 fully saturated rings. The number of esters is 1. The van der Waals surface area contributed by atoms with E-state index in [9.17, 15) is 4.79 Å². The first kappa shape index (κ1) is 23.4. The average molecular weight is 491 g/mol. The van der Waals surface area contributed by atoms with E-state index in [1.165, 1.54) is 12.7 Å². The lowest BCUT2D eigenvalue weighted by molar-refractivity contribution is 0.0601. The predicted molar refractivity (Wildman–Crippen MR) is 157 cm³/mol. The van der Waals surface area contributed by atoms with E-state index < -0.39 is 0 Å². The van der Waals surface area contributed by atoms with Crippen LogP contribution in [0.1, 0.15) is 10.4 Å². The summed E-state index contributed by atoms with van der Waals surface area (Å²) in [6, 6.07) is 48.0. The third-order valence-corrected chi connectivity index (χ3v) is 6.98. The quantitative estimate of drug-likeness (QED) is 0.225. The third kappa shape index (κ3) is 4.16. The Labute approximate surface area is 222 Å². The summed E-state index contributed by atoms with van der Waals surface area (Å²) in [5.41, 5.74) is 9.54. The van der Waals surface area contributed by atoms with E-state index in [0.29, 0.717) is 5.56 Å². The molecule has 0 aromatic heterocycles. The van der Waals surface area contributed by atoms with Crippen LogP contribution in [0.5, 0.6) is 0 Å². The average Bonchev–Trinajstić information content (AvgIpc) is 3.01. The number of carbonyl (C=O) groups excluding carboxylic acids is 1. The molecule has 0 saturated carbocycles. The van der Waals surface area contributed by atoms with Crippen molar-refractivity contribution in [3.8, 4) is 44.5 Å². The maximum atomic E-state index is 12.7. The highest BCUT2D eigenvalue weighted by atomic mass is 16.5. The molecule has 0 saturated heterocycles. The van der Waals surface area contributed by atoms with Crippen LogP contribution in [-0.4, -0.2) is 13.1 Å². The topological polar surface area (TPSA) is 26.3 Å². The van der Waals surface area contributed by atoms with Gasteiger partial charge in [0, 0.05) is 0 Å². The molecule has 0 atom stereocenters. The summed E-state index contributed by atoms with van der Waals surface area (Å²) >= 11 is 0. The van der Waals surface area contributed by atoms with Gasteiger partial charge < -0.3 is 4.74 Å². The smallest absolute Gasteiger partial charge is 0.337 e. The third-order valence-electron chi connectivity index (χ3n) is 6.98. The second kappa shape index (κ2) is 10.2. The number of ether oxygens (including phenoxy) is 1. The van der Waals surface area contributed by atoms with Crippen molar-refractivity contribution in [1.82, 2.24) is 0 Å². The molecular weight excluding hydrogens is 464 g/mol. The normalized spacial score (nSPS) is 10.9. The van der Waals surface area contributed by atoms with Gasteiger partial charge in [0.25, 0.3) is 0 Å². The van der Waals surface area contributed by atoms with E-state index in [1.54, 1.807) is 0 Å². The van der Waals surface area contributed by atoms with Gasteiger partial charge in [0.05, 0.1) is 12.7 Å². The van der Waals surface area contributed by atoms with Gasteiger partial charge in [0.2, 0.25) is 0 Å². The SMILES string of the molecule is COC(=O)c1ccc2c(-c3ccccc3)c(-c3ccccc3)c(-c3ccccc3)c(-c3ccccc3)c2c1. The van der Waals surface area contributed by atoms with Crippen molar-refractivity contribution in [1.29, 1.82) is 0 Å². The van der Waals surface area contributed by atoms with Crippen molar-refractivity contribution in [2.45, 2.75) is 0 Å². The van der Waals surface area contributed by atoms with Crippen LogP contribution in [0.3, 0.4) is 0 Å². The highest BCUT2D eigenvalue weighted by Crippen LogP contribution is 2.50. The molecule has 38 heavy (non-hydrogen) atoms. The monoisotopic (exact) mass is 490 g/mol. The lowest BCUT2D eigenvalue weighted by Crippen LogP contribution is -2.02. The molecule has 0 radical (unpaired) electrons. The van der Waals surface area contributed by atoms with Gasteiger partial charge in [-0.2, -0.15) is 0 Å². The highest BCUT2D eigenvalue weighted by Gasteiger charge is 2.24. The first-order valence-electron chi connectivity index (χ1n) is 12.7. The number of benzene rings is 6. The molecule has 2 heteroatoms. The van der Waals surface area contributed by atoms with Crippen molar-refractivity contribution < 1.29 is 9.53 Å². The molecule has 0 N–H and O–H groups in total. The summed E-state index contributed by atoms with van der Waals surface area (Å²) in [4.78, 5) is 12.7. The minimum Gasteiger partial charge on any atom is -0.465 e. The maximum absolute atomic E-state index is 12.7. The minimum absolute atomic E-state index is 0.347. The van der Waals surface area contributed by atoms with Gasteiger partial charge in [-0.15, -0.1) is 0 Å². The summed E-state index contributed by atoms with van der Waals surface area (Å²) < 4.78 is 5.11. The molecule has 6 aromatic carbocycles. The Bertz CT molecular complexity index is 1720. The van der Waals surface area contributed by atoms with Crippen LogP contribution in [0.15, 0.2) is 140 Å². The van der Waals surface area contributed by atoms with Gasteiger partial charge in [-0.1, -0.05) is 127 Å². The van der Waals surface area contributed by atoms with Gasteiger partial charge in [-0.3, -0.25) is 0 Å². The lowest BCUT2D eigenvalue weighted by atomic mass is 9.78. The van der Waals surface area contributed by atoms with Crippen LogP contribution in [0.2, 0.25) is 0 Å². The number of hydrogen-bond acceptors (Lipinski definition) is 2. The summed E-state index contributed by atoms with van der Waals surface area (Å²) in [6.45, 7) is 0. The first-order valence-corrected chi connectivity index (χ1v) is 12.7. The Balaban J connectivity index is 1.90. The Morgan fingerprint density at radius 3 is 1.21 bits per heavy atom. The molecule has 0 unspecified atom stereocenters. The van der Waals surface area contributed by atoms with Crippen molar-refractivity contribution in [3.05, 3.63) is 145 Å². The number of hydrogen-bond donors (Lipinski definition) is 0. The molecule has 2 nitrogen and oxygen atoms in total. The maximum Gasteiger partial charge on any atom is 0.337 e. The van der Waals surface area contributed by atoms with E-state index in [2.05, 4.69) is 109 Å². The van der Waals surface area contributed by atoms with Crippen molar-refractivity contribution in [2.75, 3.05) is 7.11 Å². The zero-order chi connectivity index (χ0) is 25.9. The Kier molecular flexibility index (Phi) is 6.29. The van der Waals surface area contributed by atoms with Gasteiger partial charge >= 0.3 is 5.97 Å². The molecule has 0 aliphatic heterocycles. The van der Waals surface area contributed by atoms with Gasteiger partial charge in [0.15, 0.2) is 0 Å². The van der Waals surface area contributed by atoms with E-state index in [-0.39, 0.29) is 5.97 Å². The molecule has 6 rings (SSSR count). The van der Waals surface area contributed by atoms with Crippen molar-refractivity contribution >= 4 is 16.7 Å². The molecule has 0 aliphatic carbocycles. The number of methoxy groups -OCH3 is 1. The number of carbonyl (C=O) groups is 1. The van der Waals surface area contributed by atoms with E-state index in [4.69, 9.17) is 4.74 Å². The zero-order valence-electron chi connectivity index (χ0n) is 21.1. The number of fused-ring (bicyclic) bond motifs is 1. The van der Waals surface area contributed by atoms with Crippen LogP contribution in [0.4, 0.5) is 0 Å². The Morgan fingerprint density at radius 2 is 0.816 bits per heavy atom. The second-order valence-corrected chi connectivity index (χ2v) is 9.22. The molecule has 0 amide bonds. The van der Waals surface area contributed by atoms with Crippen LogP contribution >= 0.6 is 0 Å². The van der Waals surface area contributed by atoms with Gasteiger partial charge in [-0.25, -0.2) is 4.79 Å². The van der Waals surface area contributed by atoms with Crippen LogP contribution in [0, 0.1) is 0 Å². The molecule has 182 valence electrons.